The van der Waals surface area contributed by atoms with Gasteiger partial charge >= 0.3 is 5.97 Å². The quantitative estimate of drug-likeness (QED) is 0.622. The predicted molar refractivity (Wildman–Crippen MR) is 56.9 cm³/mol. The van der Waals surface area contributed by atoms with Crippen molar-refractivity contribution in [1.29, 1.82) is 0 Å². The molecule has 1 aromatic carbocycles. The van der Waals surface area contributed by atoms with E-state index in [1.165, 1.54) is 6.07 Å². The van der Waals surface area contributed by atoms with Gasteiger partial charge in [0.15, 0.2) is 6.10 Å². The number of carbonyl (C=O) groups is 1. The molecule has 0 spiro atoms. The van der Waals surface area contributed by atoms with E-state index in [0.29, 0.717) is 16.6 Å². The summed E-state index contributed by atoms with van der Waals surface area (Å²) in [6.07, 6.45) is -2.98. The number of esters is 1. The van der Waals surface area contributed by atoms with Crippen LogP contribution in [0.15, 0.2) is 18.2 Å². The van der Waals surface area contributed by atoms with Crippen molar-refractivity contribution in [3.8, 4) is 0 Å². The third-order valence-electron chi connectivity index (χ3n) is 2.42. The van der Waals surface area contributed by atoms with Crippen LogP contribution in [0.4, 0.5) is 0 Å². The third-order valence-corrected chi connectivity index (χ3v) is 2.42. The summed E-state index contributed by atoms with van der Waals surface area (Å²) in [5.41, 5.74) is 1.54. The Labute approximate surface area is 96.0 Å². The minimum Gasteiger partial charge on any atom is -0.467 e. The third kappa shape index (κ3) is 2.10. The highest BCUT2D eigenvalue weighted by molar-refractivity contribution is 5.77. The average molecular weight is 237 g/mol. The van der Waals surface area contributed by atoms with E-state index in [4.69, 9.17) is 0 Å². The Morgan fingerprint density at radius 3 is 2.76 bits per heavy atom. The Morgan fingerprint density at radius 1 is 1.35 bits per heavy atom. The maximum atomic E-state index is 11.1. The summed E-state index contributed by atoms with van der Waals surface area (Å²) in [7, 11) is 1.14. The Hall–Kier alpha value is -1.99. The van der Waals surface area contributed by atoms with E-state index in [0.717, 1.165) is 7.11 Å². The first-order chi connectivity index (χ1) is 8.13. The van der Waals surface area contributed by atoms with Gasteiger partial charge in [-0.2, -0.15) is 15.4 Å². The standard InChI is InChI=1S/C10H11N3O4/c1-17-10(16)9(15)8(14)5-2-3-6-7(4-5)12-13-11-6/h2-4,8-9,14-15H,1H3,(H,11,12,13). The minimum atomic E-state index is -1.62. The van der Waals surface area contributed by atoms with E-state index in [1.807, 2.05) is 0 Å². The number of nitrogens with one attached hydrogen (secondary N) is 1. The minimum absolute atomic E-state index is 0.365. The SMILES string of the molecule is COC(=O)C(O)C(O)c1ccc2n[nH]nc2c1. The van der Waals surface area contributed by atoms with Crippen LogP contribution in [0.1, 0.15) is 11.7 Å². The predicted octanol–water partition coefficient (Wildman–Crippen LogP) is -0.475. The number of hydrogen-bond donors (Lipinski definition) is 3. The summed E-state index contributed by atoms with van der Waals surface area (Å²) >= 11 is 0. The van der Waals surface area contributed by atoms with Gasteiger partial charge in [0.2, 0.25) is 0 Å². The lowest BCUT2D eigenvalue weighted by Crippen LogP contribution is -2.28. The lowest BCUT2D eigenvalue weighted by Gasteiger charge is -2.15. The van der Waals surface area contributed by atoms with Crippen LogP contribution in [0, 0.1) is 0 Å². The molecule has 2 aromatic rings. The zero-order chi connectivity index (χ0) is 12.4. The molecule has 17 heavy (non-hydrogen) atoms. The van der Waals surface area contributed by atoms with Crippen molar-refractivity contribution < 1.29 is 19.7 Å². The summed E-state index contributed by atoms with van der Waals surface area (Å²) in [4.78, 5) is 11.1. The molecular formula is C10H11N3O4. The largest absolute Gasteiger partial charge is 0.467 e. The molecule has 0 aliphatic carbocycles. The van der Waals surface area contributed by atoms with E-state index in [1.54, 1.807) is 12.1 Å². The number of aromatic nitrogens is 3. The molecule has 0 aliphatic heterocycles. The topological polar surface area (TPSA) is 108 Å². The van der Waals surface area contributed by atoms with E-state index >= 15 is 0 Å². The van der Waals surface area contributed by atoms with Crippen LogP contribution < -0.4 is 0 Å². The number of ether oxygens (including phenoxy) is 1. The monoisotopic (exact) mass is 237 g/mol. The number of aliphatic hydroxyl groups is 2. The van der Waals surface area contributed by atoms with Gasteiger partial charge in [-0.1, -0.05) is 6.07 Å². The van der Waals surface area contributed by atoms with Crippen LogP contribution in [0.2, 0.25) is 0 Å². The number of nitrogens with zero attached hydrogens (tertiary/aromatic N) is 2. The number of benzene rings is 1. The molecule has 0 aliphatic rings. The zero-order valence-electron chi connectivity index (χ0n) is 8.99. The van der Waals surface area contributed by atoms with Crippen molar-refractivity contribution in [2.24, 2.45) is 0 Å². The summed E-state index contributed by atoms with van der Waals surface area (Å²) in [5.74, 6) is -0.891. The fraction of sp³-hybridized carbons (Fsp3) is 0.300. The molecule has 2 atom stereocenters. The highest BCUT2D eigenvalue weighted by Crippen LogP contribution is 2.20. The molecule has 0 fully saturated rings. The number of aromatic amines is 1. The Morgan fingerprint density at radius 2 is 2.06 bits per heavy atom. The number of methoxy groups -OCH3 is 1. The van der Waals surface area contributed by atoms with Crippen LogP contribution in [0.25, 0.3) is 11.0 Å². The van der Waals surface area contributed by atoms with Crippen molar-refractivity contribution in [3.63, 3.8) is 0 Å². The molecule has 2 unspecified atom stereocenters. The first-order valence-corrected chi connectivity index (χ1v) is 4.88. The van der Waals surface area contributed by atoms with Gasteiger partial charge in [0.25, 0.3) is 0 Å². The molecule has 0 radical (unpaired) electrons. The number of hydrogen-bond acceptors (Lipinski definition) is 6. The van der Waals surface area contributed by atoms with Crippen molar-refractivity contribution >= 4 is 17.0 Å². The Balaban J connectivity index is 2.29. The first kappa shape index (κ1) is 11.5. The molecule has 0 amide bonds. The molecule has 0 saturated heterocycles. The van der Waals surface area contributed by atoms with Crippen LogP contribution in [0.3, 0.4) is 0 Å². The van der Waals surface area contributed by atoms with Gasteiger partial charge in [-0.15, -0.1) is 0 Å². The van der Waals surface area contributed by atoms with Gasteiger partial charge in [0.1, 0.15) is 17.1 Å². The molecule has 2 rings (SSSR count). The second kappa shape index (κ2) is 4.48. The summed E-state index contributed by atoms with van der Waals surface area (Å²) in [6, 6.07) is 4.72. The molecule has 0 saturated carbocycles. The van der Waals surface area contributed by atoms with Crippen molar-refractivity contribution in [1.82, 2.24) is 15.4 Å². The van der Waals surface area contributed by atoms with Gasteiger partial charge in [-0.25, -0.2) is 4.79 Å². The van der Waals surface area contributed by atoms with E-state index < -0.39 is 18.2 Å². The number of carbonyl (C=O) groups excluding carboxylic acids is 1. The van der Waals surface area contributed by atoms with Crippen LogP contribution in [0.5, 0.6) is 0 Å². The van der Waals surface area contributed by atoms with Gasteiger partial charge < -0.3 is 14.9 Å². The van der Waals surface area contributed by atoms with Gasteiger partial charge in [-0.3, -0.25) is 0 Å². The lowest BCUT2D eigenvalue weighted by atomic mass is 10.0. The smallest absolute Gasteiger partial charge is 0.337 e. The molecule has 7 heteroatoms. The van der Waals surface area contributed by atoms with Crippen LogP contribution in [-0.2, 0) is 9.53 Å². The number of fused-ring (bicyclic) bond motifs is 1. The van der Waals surface area contributed by atoms with Gasteiger partial charge in [-0.05, 0) is 17.7 Å². The highest BCUT2D eigenvalue weighted by atomic mass is 16.5. The van der Waals surface area contributed by atoms with Crippen molar-refractivity contribution in [2.45, 2.75) is 12.2 Å². The zero-order valence-corrected chi connectivity index (χ0v) is 8.99. The maximum absolute atomic E-state index is 11.1. The normalized spacial score (nSPS) is 14.5. The highest BCUT2D eigenvalue weighted by Gasteiger charge is 2.26. The number of H-pyrrole nitrogens is 1. The maximum Gasteiger partial charge on any atom is 0.337 e. The summed E-state index contributed by atoms with van der Waals surface area (Å²) in [6.45, 7) is 0. The summed E-state index contributed by atoms with van der Waals surface area (Å²) in [5, 5.41) is 29.4. The molecule has 7 nitrogen and oxygen atoms in total. The Bertz CT molecular complexity index is 539. The van der Waals surface area contributed by atoms with E-state index in [9.17, 15) is 15.0 Å². The second-order valence-electron chi connectivity index (χ2n) is 3.48. The van der Waals surface area contributed by atoms with E-state index in [2.05, 4.69) is 20.1 Å². The van der Waals surface area contributed by atoms with Gasteiger partial charge in [0, 0.05) is 0 Å². The average Bonchev–Trinajstić information content (AvgIpc) is 2.83. The summed E-state index contributed by atoms with van der Waals surface area (Å²) < 4.78 is 4.34. The van der Waals surface area contributed by atoms with Crippen molar-refractivity contribution in [3.05, 3.63) is 23.8 Å². The van der Waals surface area contributed by atoms with Crippen LogP contribution >= 0.6 is 0 Å². The fourth-order valence-corrected chi connectivity index (χ4v) is 1.47. The van der Waals surface area contributed by atoms with E-state index in [-0.39, 0.29) is 0 Å². The fourth-order valence-electron chi connectivity index (χ4n) is 1.47. The lowest BCUT2D eigenvalue weighted by molar-refractivity contribution is -0.156. The molecule has 1 heterocycles. The second-order valence-corrected chi connectivity index (χ2v) is 3.48. The number of aliphatic hydroxyl groups excluding tert-OH is 2. The Kier molecular flexibility index (Phi) is 3.03. The molecular weight excluding hydrogens is 226 g/mol. The molecule has 1 aromatic heterocycles. The van der Waals surface area contributed by atoms with Gasteiger partial charge in [0.05, 0.1) is 7.11 Å². The molecule has 90 valence electrons. The van der Waals surface area contributed by atoms with Crippen molar-refractivity contribution in [2.75, 3.05) is 7.11 Å². The van der Waals surface area contributed by atoms with Crippen LogP contribution in [-0.4, -0.2) is 44.8 Å². The molecule has 0 bridgehead atoms. The molecule has 3 N–H and O–H groups in total. The first-order valence-electron chi connectivity index (χ1n) is 4.88. The number of rotatable bonds is 3.